The molecule has 1 saturated heterocycles. The standard InChI is InChI=1S/C15H15Cl2N5O6/c16-5-3-1-2-4(6(5)17)7-12(18)20-15(19)22(21-7)13-10(25)8(23)9(24)11(28-13)14(26)27/h1-3,8-11,13,23-25H,(H4,18,19,20,26,27)/p+1/t8?,9-,10-,11?,13+/m1/s1. The maximum absolute atomic E-state index is 11.3. The molecule has 0 bridgehead atoms. The summed E-state index contributed by atoms with van der Waals surface area (Å²) in [4.78, 5) is 15.2. The predicted molar refractivity (Wildman–Crippen MR) is 96.1 cm³/mol. The molecule has 0 spiro atoms. The number of rotatable bonds is 3. The van der Waals surface area contributed by atoms with Crippen LogP contribution < -0.4 is 16.1 Å². The number of carboxylic acids is 1. The molecule has 1 aromatic carbocycles. The number of nitrogens with two attached hydrogens (primary N) is 2. The van der Waals surface area contributed by atoms with Gasteiger partial charge in [0.05, 0.1) is 10.0 Å². The number of carboxylic acid groups (broad SMARTS) is 1. The summed E-state index contributed by atoms with van der Waals surface area (Å²) in [6.45, 7) is 0. The Morgan fingerprint density at radius 1 is 1.14 bits per heavy atom. The largest absolute Gasteiger partial charge is 0.479 e. The van der Waals surface area contributed by atoms with Crippen molar-refractivity contribution in [3.8, 4) is 11.3 Å². The van der Waals surface area contributed by atoms with E-state index in [1.807, 2.05) is 0 Å². The molecule has 1 fully saturated rings. The molecule has 2 aromatic rings. The molecule has 1 aromatic heterocycles. The first-order valence-corrected chi connectivity index (χ1v) is 8.60. The Balaban J connectivity index is 2.12. The number of aliphatic hydroxyl groups is 3. The highest BCUT2D eigenvalue weighted by Gasteiger charge is 2.50. The SMILES string of the molecule is Nc1nc(N)[n+]([C@H]2OC(C(=O)O)[C@H](O)C(O)[C@H]2O)nc1-c1cccc(Cl)c1Cl. The van der Waals surface area contributed by atoms with E-state index in [2.05, 4.69) is 10.1 Å². The van der Waals surface area contributed by atoms with E-state index in [-0.39, 0.29) is 27.5 Å². The summed E-state index contributed by atoms with van der Waals surface area (Å²) in [6, 6.07) is 4.70. The number of hydrogen-bond acceptors (Lipinski definition) is 9. The lowest BCUT2D eigenvalue weighted by atomic mass is 9.98. The van der Waals surface area contributed by atoms with E-state index in [4.69, 9.17) is 39.4 Å². The van der Waals surface area contributed by atoms with E-state index < -0.39 is 36.6 Å². The van der Waals surface area contributed by atoms with Gasteiger partial charge in [0.15, 0.2) is 11.8 Å². The van der Waals surface area contributed by atoms with Gasteiger partial charge in [-0.3, -0.25) is 5.73 Å². The van der Waals surface area contributed by atoms with Gasteiger partial charge in [-0.2, -0.15) is 0 Å². The van der Waals surface area contributed by atoms with Gasteiger partial charge in [-0.05, 0) is 11.1 Å². The third-order valence-corrected chi connectivity index (χ3v) is 5.02. The molecule has 8 N–H and O–H groups in total. The summed E-state index contributed by atoms with van der Waals surface area (Å²) >= 11 is 12.2. The van der Waals surface area contributed by atoms with Crippen LogP contribution in [0.15, 0.2) is 18.2 Å². The fourth-order valence-electron chi connectivity index (χ4n) is 2.77. The van der Waals surface area contributed by atoms with E-state index in [9.17, 15) is 25.2 Å². The predicted octanol–water partition coefficient (Wildman–Crippen LogP) is -1.03. The number of hydrogen-bond donors (Lipinski definition) is 6. The Morgan fingerprint density at radius 3 is 2.46 bits per heavy atom. The number of halogens is 2. The first-order chi connectivity index (χ1) is 13.1. The molecule has 3 rings (SSSR count). The molecule has 0 radical (unpaired) electrons. The van der Waals surface area contributed by atoms with Crippen molar-refractivity contribution in [2.75, 3.05) is 11.5 Å². The number of aliphatic carboxylic acids is 1. The van der Waals surface area contributed by atoms with Crippen LogP contribution in [-0.2, 0) is 9.53 Å². The first kappa shape index (κ1) is 20.5. The highest BCUT2D eigenvalue weighted by molar-refractivity contribution is 6.43. The minimum absolute atomic E-state index is 0.0324. The van der Waals surface area contributed by atoms with Crippen LogP contribution in [-0.4, -0.2) is 60.9 Å². The summed E-state index contributed by atoms with van der Waals surface area (Å²) < 4.78 is 6.06. The molecule has 11 nitrogen and oxygen atoms in total. The van der Waals surface area contributed by atoms with Gasteiger partial charge in [-0.1, -0.05) is 35.3 Å². The van der Waals surface area contributed by atoms with Crippen molar-refractivity contribution in [1.82, 2.24) is 10.1 Å². The number of aliphatic hydroxyl groups excluding tert-OH is 3. The smallest absolute Gasteiger partial charge is 0.413 e. The molecule has 13 heteroatoms. The van der Waals surface area contributed by atoms with Crippen LogP contribution in [0.4, 0.5) is 11.8 Å². The third kappa shape index (κ3) is 3.43. The zero-order chi connectivity index (χ0) is 20.7. The Morgan fingerprint density at radius 2 is 1.82 bits per heavy atom. The summed E-state index contributed by atoms with van der Waals surface area (Å²) in [5, 5.41) is 43.8. The van der Waals surface area contributed by atoms with Gasteiger partial charge in [0.1, 0.15) is 18.3 Å². The quantitative estimate of drug-likeness (QED) is 0.327. The number of anilines is 2. The lowest BCUT2D eigenvalue weighted by molar-refractivity contribution is -0.813. The zero-order valence-electron chi connectivity index (χ0n) is 14.0. The molecule has 2 heterocycles. The molecular formula is C15H16Cl2N5O6+. The average Bonchev–Trinajstić information content (AvgIpc) is 2.63. The van der Waals surface area contributed by atoms with Crippen molar-refractivity contribution in [2.24, 2.45) is 0 Å². The number of carbonyl (C=O) groups is 1. The Kier molecular flexibility index (Phi) is 5.57. The highest BCUT2D eigenvalue weighted by atomic mass is 35.5. The van der Waals surface area contributed by atoms with Crippen molar-refractivity contribution in [3.05, 3.63) is 28.2 Å². The van der Waals surface area contributed by atoms with Crippen LogP contribution in [0.2, 0.25) is 10.0 Å². The molecular weight excluding hydrogens is 417 g/mol. The van der Waals surface area contributed by atoms with Crippen molar-refractivity contribution >= 4 is 40.9 Å². The second-order valence-electron chi connectivity index (χ2n) is 6.01. The molecule has 0 amide bonds. The second-order valence-corrected chi connectivity index (χ2v) is 6.79. The average molecular weight is 433 g/mol. The highest BCUT2D eigenvalue weighted by Crippen LogP contribution is 2.34. The van der Waals surface area contributed by atoms with E-state index >= 15 is 0 Å². The minimum atomic E-state index is -1.87. The Hall–Kier alpha value is -2.28. The van der Waals surface area contributed by atoms with Crippen LogP contribution >= 0.6 is 23.2 Å². The van der Waals surface area contributed by atoms with Crippen LogP contribution in [0.1, 0.15) is 6.23 Å². The Bertz CT molecular complexity index is 932. The minimum Gasteiger partial charge on any atom is -0.479 e. The molecule has 0 saturated carbocycles. The number of nitrogens with zero attached hydrogens (tertiary/aromatic N) is 3. The van der Waals surface area contributed by atoms with Crippen LogP contribution in [0.5, 0.6) is 0 Å². The Labute approximate surface area is 167 Å². The monoisotopic (exact) mass is 432 g/mol. The van der Waals surface area contributed by atoms with E-state index in [1.165, 1.54) is 0 Å². The van der Waals surface area contributed by atoms with E-state index in [0.717, 1.165) is 4.68 Å². The van der Waals surface area contributed by atoms with Crippen molar-refractivity contribution < 1.29 is 34.6 Å². The zero-order valence-corrected chi connectivity index (χ0v) is 15.5. The summed E-state index contributed by atoms with van der Waals surface area (Å²) in [7, 11) is 0. The second kappa shape index (κ2) is 7.62. The molecule has 2 unspecified atom stereocenters. The van der Waals surface area contributed by atoms with Gasteiger partial charge in [-0.15, -0.1) is 9.78 Å². The number of nitrogen functional groups attached to an aromatic ring is 2. The van der Waals surface area contributed by atoms with Gasteiger partial charge < -0.3 is 30.9 Å². The third-order valence-electron chi connectivity index (χ3n) is 4.20. The van der Waals surface area contributed by atoms with Gasteiger partial charge in [-0.25, -0.2) is 4.79 Å². The number of ether oxygens (including phenoxy) is 1. The fourth-order valence-corrected chi connectivity index (χ4v) is 3.16. The van der Waals surface area contributed by atoms with Crippen molar-refractivity contribution in [1.29, 1.82) is 0 Å². The molecule has 150 valence electrons. The molecule has 1 aliphatic rings. The molecule has 5 atom stereocenters. The summed E-state index contributed by atoms with van der Waals surface area (Å²) in [5.74, 6) is -2.00. The van der Waals surface area contributed by atoms with Crippen LogP contribution in [0.25, 0.3) is 11.3 Å². The van der Waals surface area contributed by atoms with Crippen molar-refractivity contribution in [2.45, 2.75) is 30.6 Å². The van der Waals surface area contributed by atoms with Crippen molar-refractivity contribution in [3.63, 3.8) is 0 Å². The first-order valence-electron chi connectivity index (χ1n) is 7.85. The number of aromatic nitrogens is 3. The lowest BCUT2D eigenvalue weighted by Gasteiger charge is -2.37. The van der Waals surface area contributed by atoms with Crippen LogP contribution in [0.3, 0.4) is 0 Å². The van der Waals surface area contributed by atoms with Gasteiger partial charge in [0.2, 0.25) is 12.0 Å². The van der Waals surface area contributed by atoms with E-state index in [0.29, 0.717) is 5.56 Å². The molecule has 0 aliphatic carbocycles. The topological polar surface area (TPSA) is 189 Å². The normalized spacial score (nSPS) is 27.5. The lowest BCUT2D eigenvalue weighted by Crippen LogP contribution is -2.65. The van der Waals surface area contributed by atoms with Gasteiger partial charge in [0, 0.05) is 5.56 Å². The molecule has 28 heavy (non-hydrogen) atoms. The number of benzene rings is 1. The van der Waals surface area contributed by atoms with Gasteiger partial charge in [0.25, 0.3) is 0 Å². The van der Waals surface area contributed by atoms with E-state index in [1.54, 1.807) is 18.2 Å². The van der Waals surface area contributed by atoms with Gasteiger partial charge >= 0.3 is 11.9 Å². The maximum Gasteiger partial charge on any atom is 0.413 e. The summed E-state index contributed by atoms with van der Waals surface area (Å²) in [6.07, 6.45) is -8.89. The maximum atomic E-state index is 11.3. The molecule has 1 aliphatic heterocycles. The fraction of sp³-hybridized carbons (Fsp3) is 0.333. The summed E-state index contributed by atoms with van der Waals surface area (Å²) in [5.41, 5.74) is 12.0. The van der Waals surface area contributed by atoms with Crippen LogP contribution in [0, 0.1) is 0 Å².